The Kier molecular flexibility index (Phi) is 6.06. The topological polar surface area (TPSA) is 81.5 Å². The molecular formula is C21H24N2O4. The molecular weight excluding hydrogens is 344 g/mol. The van der Waals surface area contributed by atoms with E-state index < -0.39 is 4.92 Å². The maximum atomic E-state index is 12.5. The molecule has 0 unspecified atom stereocenters. The molecule has 142 valence electrons. The van der Waals surface area contributed by atoms with E-state index in [9.17, 15) is 14.9 Å². The normalized spacial score (nSPS) is 14.6. The predicted octanol–water partition coefficient (Wildman–Crippen LogP) is 5.29. The van der Waals surface area contributed by atoms with Gasteiger partial charge in [-0.2, -0.15) is 0 Å². The van der Waals surface area contributed by atoms with E-state index in [2.05, 4.69) is 5.32 Å². The Morgan fingerprint density at radius 2 is 1.85 bits per heavy atom. The molecule has 1 fully saturated rings. The van der Waals surface area contributed by atoms with E-state index in [1.807, 2.05) is 12.1 Å². The van der Waals surface area contributed by atoms with Crippen molar-refractivity contribution in [3.8, 4) is 5.75 Å². The molecule has 0 saturated heterocycles. The zero-order valence-electron chi connectivity index (χ0n) is 15.4. The SMILES string of the molecule is CCOc1ccc(NC(=O)c2ccc(C3CCCCC3)cc2)c([N+](=O)[O-])c1. The third-order valence-corrected chi connectivity index (χ3v) is 4.97. The number of anilines is 1. The molecule has 1 aliphatic rings. The molecule has 0 heterocycles. The third-order valence-electron chi connectivity index (χ3n) is 4.97. The van der Waals surface area contributed by atoms with Crippen molar-refractivity contribution in [3.05, 3.63) is 63.7 Å². The van der Waals surface area contributed by atoms with Crippen molar-refractivity contribution >= 4 is 17.3 Å². The fourth-order valence-corrected chi connectivity index (χ4v) is 3.56. The summed E-state index contributed by atoms with van der Waals surface area (Å²) in [5.41, 5.74) is 1.72. The number of amides is 1. The lowest BCUT2D eigenvalue weighted by atomic mass is 9.84. The Bertz CT molecular complexity index is 811. The Balaban J connectivity index is 1.74. The first-order valence-corrected chi connectivity index (χ1v) is 9.41. The van der Waals surface area contributed by atoms with Crippen LogP contribution in [0.2, 0.25) is 0 Å². The molecule has 3 rings (SSSR count). The van der Waals surface area contributed by atoms with Gasteiger partial charge in [0.05, 0.1) is 17.6 Å². The van der Waals surface area contributed by atoms with Gasteiger partial charge >= 0.3 is 0 Å². The number of hydrogen-bond acceptors (Lipinski definition) is 4. The van der Waals surface area contributed by atoms with E-state index in [0.717, 1.165) is 0 Å². The lowest BCUT2D eigenvalue weighted by molar-refractivity contribution is -0.384. The lowest BCUT2D eigenvalue weighted by Gasteiger charge is -2.22. The molecule has 0 aliphatic heterocycles. The van der Waals surface area contributed by atoms with Gasteiger partial charge in [0.2, 0.25) is 0 Å². The summed E-state index contributed by atoms with van der Waals surface area (Å²) < 4.78 is 5.29. The average molecular weight is 368 g/mol. The largest absolute Gasteiger partial charge is 0.494 e. The summed E-state index contributed by atoms with van der Waals surface area (Å²) in [7, 11) is 0. The van der Waals surface area contributed by atoms with Crippen LogP contribution in [0.5, 0.6) is 5.75 Å². The van der Waals surface area contributed by atoms with Gasteiger partial charge in [0.15, 0.2) is 0 Å². The molecule has 27 heavy (non-hydrogen) atoms. The van der Waals surface area contributed by atoms with Crippen molar-refractivity contribution in [2.75, 3.05) is 11.9 Å². The molecule has 0 bridgehead atoms. The van der Waals surface area contributed by atoms with Gasteiger partial charge in [0.25, 0.3) is 11.6 Å². The molecule has 2 aromatic rings. The summed E-state index contributed by atoms with van der Waals surface area (Å²) >= 11 is 0. The number of hydrogen-bond donors (Lipinski definition) is 1. The molecule has 0 atom stereocenters. The predicted molar refractivity (Wildman–Crippen MR) is 104 cm³/mol. The van der Waals surface area contributed by atoms with Crippen LogP contribution in [0.1, 0.15) is 60.9 Å². The number of rotatable bonds is 6. The van der Waals surface area contributed by atoms with Gasteiger partial charge in [-0.15, -0.1) is 0 Å². The van der Waals surface area contributed by atoms with Gasteiger partial charge in [-0.1, -0.05) is 31.4 Å². The van der Waals surface area contributed by atoms with Crippen LogP contribution in [0.3, 0.4) is 0 Å². The second kappa shape index (κ2) is 8.66. The smallest absolute Gasteiger partial charge is 0.296 e. The van der Waals surface area contributed by atoms with Gasteiger partial charge < -0.3 is 10.1 Å². The van der Waals surface area contributed by atoms with Crippen LogP contribution in [-0.4, -0.2) is 17.4 Å². The van der Waals surface area contributed by atoms with Gasteiger partial charge in [0.1, 0.15) is 11.4 Å². The standard InChI is InChI=1S/C21H24N2O4/c1-2-27-18-12-13-19(20(14-18)23(25)26)22-21(24)17-10-8-16(9-11-17)15-6-4-3-5-7-15/h8-15H,2-7H2,1H3,(H,22,24). The highest BCUT2D eigenvalue weighted by Gasteiger charge is 2.19. The molecule has 6 heteroatoms. The fraction of sp³-hybridized carbons (Fsp3) is 0.381. The zero-order valence-corrected chi connectivity index (χ0v) is 15.4. The van der Waals surface area contributed by atoms with Crippen LogP contribution < -0.4 is 10.1 Å². The number of nitrogens with one attached hydrogen (secondary N) is 1. The minimum absolute atomic E-state index is 0.157. The Morgan fingerprint density at radius 3 is 2.48 bits per heavy atom. The maximum Gasteiger partial charge on any atom is 0.296 e. The van der Waals surface area contributed by atoms with Crippen LogP contribution in [0.25, 0.3) is 0 Å². The van der Waals surface area contributed by atoms with E-state index >= 15 is 0 Å². The highest BCUT2D eigenvalue weighted by molar-refractivity contribution is 6.05. The molecule has 0 spiro atoms. The second-order valence-electron chi connectivity index (χ2n) is 6.78. The molecule has 1 amide bonds. The first-order chi connectivity index (χ1) is 13.1. The second-order valence-corrected chi connectivity index (χ2v) is 6.78. The zero-order chi connectivity index (χ0) is 19.2. The van der Waals surface area contributed by atoms with Crippen LogP contribution >= 0.6 is 0 Å². The summed E-state index contributed by atoms with van der Waals surface area (Å²) in [5, 5.41) is 14.0. The van der Waals surface area contributed by atoms with Crippen LogP contribution in [-0.2, 0) is 0 Å². The van der Waals surface area contributed by atoms with E-state index in [1.165, 1.54) is 49.8 Å². The number of nitrogens with zero attached hydrogens (tertiary/aromatic N) is 1. The maximum absolute atomic E-state index is 12.5. The van der Waals surface area contributed by atoms with Gasteiger partial charge in [-0.05, 0) is 55.5 Å². The number of nitro benzene ring substituents is 1. The van der Waals surface area contributed by atoms with Crippen molar-refractivity contribution in [1.82, 2.24) is 0 Å². The number of carbonyl (C=O) groups is 1. The van der Waals surface area contributed by atoms with Crippen molar-refractivity contribution < 1.29 is 14.5 Å². The van der Waals surface area contributed by atoms with Crippen LogP contribution in [0.15, 0.2) is 42.5 Å². The highest BCUT2D eigenvalue weighted by atomic mass is 16.6. The summed E-state index contributed by atoms with van der Waals surface area (Å²) in [6, 6.07) is 12.0. The minimum Gasteiger partial charge on any atom is -0.494 e. The number of nitro groups is 1. The molecule has 1 N–H and O–H groups in total. The summed E-state index contributed by atoms with van der Waals surface area (Å²) in [6.07, 6.45) is 6.22. The van der Waals surface area contributed by atoms with Crippen molar-refractivity contribution in [3.63, 3.8) is 0 Å². The molecule has 6 nitrogen and oxygen atoms in total. The third kappa shape index (κ3) is 4.64. The Labute approximate surface area is 158 Å². The number of benzene rings is 2. The molecule has 0 aromatic heterocycles. The van der Waals surface area contributed by atoms with Crippen molar-refractivity contribution in [1.29, 1.82) is 0 Å². The monoisotopic (exact) mass is 368 g/mol. The van der Waals surface area contributed by atoms with Crippen LogP contribution in [0, 0.1) is 10.1 Å². The van der Waals surface area contributed by atoms with E-state index in [0.29, 0.717) is 23.8 Å². The average Bonchev–Trinajstić information content (AvgIpc) is 2.70. The van der Waals surface area contributed by atoms with Gasteiger partial charge in [0, 0.05) is 5.56 Å². The van der Waals surface area contributed by atoms with E-state index in [-0.39, 0.29) is 17.3 Å². The van der Waals surface area contributed by atoms with Crippen LogP contribution in [0.4, 0.5) is 11.4 Å². The van der Waals surface area contributed by atoms with Gasteiger partial charge in [-0.3, -0.25) is 14.9 Å². The van der Waals surface area contributed by atoms with Crippen molar-refractivity contribution in [2.45, 2.75) is 44.9 Å². The summed E-state index contributed by atoms with van der Waals surface area (Å²) in [5.74, 6) is 0.611. The lowest BCUT2D eigenvalue weighted by Crippen LogP contribution is -2.13. The molecule has 1 saturated carbocycles. The fourth-order valence-electron chi connectivity index (χ4n) is 3.56. The molecule has 0 radical (unpaired) electrons. The first kappa shape index (κ1) is 18.9. The van der Waals surface area contributed by atoms with Gasteiger partial charge in [-0.25, -0.2) is 0 Å². The first-order valence-electron chi connectivity index (χ1n) is 9.41. The number of ether oxygens (including phenoxy) is 1. The van der Waals surface area contributed by atoms with Crippen molar-refractivity contribution in [2.24, 2.45) is 0 Å². The highest BCUT2D eigenvalue weighted by Crippen LogP contribution is 2.33. The number of carbonyl (C=O) groups excluding carboxylic acids is 1. The molecule has 2 aromatic carbocycles. The minimum atomic E-state index is -0.524. The quantitative estimate of drug-likeness (QED) is 0.554. The van der Waals surface area contributed by atoms with E-state index in [1.54, 1.807) is 25.1 Å². The van der Waals surface area contributed by atoms with E-state index in [4.69, 9.17) is 4.74 Å². The Hall–Kier alpha value is -2.89. The summed E-state index contributed by atoms with van der Waals surface area (Å²) in [4.78, 5) is 23.3. The Morgan fingerprint density at radius 1 is 1.15 bits per heavy atom. The molecule has 1 aliphatic carbocycles. The summed E-state index contributed by atoms with van der Waals surface area (Å²) in [6.45, 7) is 2.22.